The SMILES string of the molecule is CCOc1ccc(/C(=C\C=C\C(=O)Nc2cccc3c2CCC(=O)N3)c2ccc(C(F)(F)F)cc2)cc1. The molecule has 0 radical (unpaired) electrons. The summed E-state index contributed by atoms with van der Waals surface area (Å²) in [6.07, 6.45) is 1.01. The van der Waals surface area contributed by atoms with Crippen LogP contribution in [0.2, 0.25) is 0 Å². The van der Waals surface area contributed by atoms with Crippen LogP contribution in [0.4, 0.5) is 24.5 Å². The number of benzene rings is 3. The molecule has 5 nitrogen and oxygen atoms in total. The number of amides is 2. The molecule has 0 bridgehead atoms. The second-order valence-electron chi connectivity index (χ2n) is 8.34. The lowest BCUT2D eigenvalue weighted by Crippen LogP contribution is -2.21. The van der Waals surface area contributed by atoms with Crippen LogP contribution in [-0.4, -0.2) is 18.4 Å². The Morgan fingerprint density at radius 3 is 2.32 bits per heavy atom. The number of rotatable bonds is 7. The van der Waals surface area contributed by atoms with Gasteiger partial charge >= 0.3 is 6.18 Å². The summed E-state index contributed by atoms with van der Waals surface area (Å²) in [6, 6.07) is 17.4. The molecule has 0 saturated heterocycles. The molecular weight excluding hydrogens is 481 g/mol. The van der Waals surface area contributed by atoms with Gasteiger partial charge in [0, 0.05) is 23.9 Å². The molecule has 0 spiro atoms. The van der Waals surface area contributed by atoms with E-state index < -0.39 is 11.7 Å². The lowest BCUT2D eigenvalue weighted by molar-refractivity contribution is -0.137. The van der Waals surface area contributed by atoms with Gasteiger partial charge in [0.1, 0.15) is 5.75 Å². The van der Waals surface area contributed by atoms with E-state index in [0.29, 0.717) is 47.7 Å². The summed E-state index contributed by atoms with van der Waals surface area (Å²) in [7, 11) is 0. The van der Waals surface area contributed by atoms with Gasteiger partial charge in [0.25, 0.3) is 0 Å². The van der Waals surface area contributed by atoms with E-state index in [1.807, 2.05) is 19.1 Å². The van der Waals surface area contributed by atoms with E-state index in [0.717, 1.165) is 23.3 Å². The molecule has 0 unspecified atom stereocenters. The van der Waals surface area contributed by atoms with Crippen LogP contribution in [0.3, 0.4) is 0 Å². The molecule has 37 heavy (non-hydrogen) atoms. The molecule has 1 heterocycles. The molecular formula is C29H25F3N2O3. The van der Waals surface area contributed by atoms with Gasteiger partial charge < -0.3 is 15.4 Å². The number of carbonyl (C=O) groups excluding carboxylic acids is 2. The first kappa shape index (κ1) is 25.8. The molecule has 0 saturated carbocycles. The number of ether oxygens (including phenoxy) is 1. The average Bonchev–Trinajstić information content (AvgIpc) is 2.87. The summed E-state index contributed by atoms with van der Waals surface area (Å²) >= 11 is 0. The first-order valence-electron chi connectivity index (χ1n) is 11.8. The van der Waals surface area contributed by atoms with Crippen molar-refractivity contribution < 1.29 is 27.5 Å². The third kappa shape index (κ3) is 6.46. The van der Waals surface area contributed by atoms with Gasteiger partial charge in [-0.25, -0.2) is 0 Å². The molecule has 2 N–H and O–H groups in total. The van der Waals surface area contributed by atoms with Crippen molar-refractivity contribution in [3.63, 3.8) is 0 Å². The molecule has 0 fully saturated rings. The molecule has 3 aromatic rings. The number of carbonyl (C=O) groups is 2. The van der Waals surface area contributed by atoms with Crippen molar-refractivity contribution in [3.05, 3.63) is 107 Å². The fourth-order valence-electron chi connectivity index (χ4n) is 4.04. The maximum absolute atomic E-state index is 13.1. The van der Waals surface area contributed by atoms with Crippen molar-refractivity contribution in [2.75, 3.05) is 17.2 Å². The zero-order valence-corrected chi connectivity index (χ0v) is 20.1. The summed E-state index contributed by atoms with van der Waals surface area (Å²) in [4.78, 5) is 24.3. The van der Waals surface area contributed by atoms with Crippen LogP contribution in [0.1, 0.15) is 35.6 Å². The Balaban J connectivity index is 1.58. The van der Waals surface area contributed by atoms with E-state index in [2.05, 4.69) is 10.6 Å². The van der Waals surface area contributed by atoms with E-state index >= 15 is 0 Å². The quantitative estimate of drug-likeness (QED) is 0.280. The van der Waals surface area contributed by atoms with Gasteiger partial charge in [0.15, 0.2) is 0 Å². The average molecular weight is 507 g/mol. The Bertz CT molecular complexity index is 1340. The van der Waals surface area contributed by atoms with Crippen LogP contribution in [0.15, 0.2) is 85.0 Å². The van der Waals surface area contributed by atoms with Gasteiger partial charge in [-0.05, 0) is 72.0 Å². The molecule has 4 rings (SSSR count). The Kier molecular flexibility index (Phi) is 7.77. The van der Waals surface area contributed by atoms with Crippen molar-refractivity contribution >= 4 is 28.8 Å². The van der Waals surface area contributed by atoms with E-state index in [-0.39, 0.29) is 11.8 Å². The number of alkyl halides is 3. The summed E-state index contributed by atoms with van der Waals surface area (Å²) in [5.41, 5.74) is 3.37. The fourth-order valence-corrected chi connectivity index (χ4v) is 4.04. The first-order valence-corrected chi connectivity index (χ1v) is 11.8. The smallest absolute Gasteiger partial charge is 0.416 e. The Morgan fingerprint density at radius 2 is 1.68 bits per heavy atom. The number of anilines is 2. The number of allylic oxidation sites excluding steroid dienone is 2. The van der Waals surface area contributed by atoms with Gasteiger partial charge in [-0.3, -0.25) is 9.59 Å². The Labute approximate surface area is 212 Å². The summed E-state index contributed by atoms with van der Waals surface area (Å²) < 4.78 is 44.6. The van der Waals surface area contributed by atoms with Crippen molar-refractivity contribution in [2.24, 2.45) is 0 Å². The Morgan fingerprint density at radius 1 is 1.00 bits per heavy atom. The van der Waals surface area contributed by atoms with Crippen molar-refractivity contribution in [1.82, 2.24) is 0 Å². The summed E-state index contributed by atoms with van der Waals surface area (Å²) in [6.45, 7) is 2.38. The number of hydrogen-bond donors (Lipinski definition) is 2. The van der Waals surface area contributed by atoms with Gasteiger partial charge in [0.2, 0.25) is 11.8 Å². The topological polar surface area (TPSA) is 67.4 Å². The number of hydrogen-bond acceptors (Lipinski definition) is 3. The van der Waals surface area contributed by atoms with E-state index in [1.165, 1.54) is 18.2 Å². The van der Waals surface area contributed by atoms with Gasteiger partial charge in [-0.1, -0.05) is 42.5 Å². The van der Waals surface area contributed by atoms with Crippen molar-refractivity contribution in [2.45, 2.75) is 25.9 Å². The normalized spacial score (nSPS) is 13.7. The molecule has 0 atom stereocenters. The monoisotopic (exact) mass is 506 g/mol. The highest BCUT2D eigenvalue weighted by Gasteiger charge is 2.30. The largest absolute Gasteiger partial charge is 0.494 e. The molecule has 0 aromatic heterocycles. The number of fused-ring (bicyclic) bond motifs is 1. The van der Waals surface area contributed by atoms with Gasteiger partial charge in [-0.2, -0.15) is 13.2 Å². The van der Waals surface area contributed by atoms with Crippen LogP contribution in [0, 0.1) is 0 Å². The molecule has 3 aromatic carbocycles. The second kappa shape index (κ2) is 11.2. The zero-order chi connectivity index (χ0) is 26.4. The third-order valence-corrected chi connectivity index (χ3v) is 5.82. The van der Waals surface area contributed by atoms with Crippen LogP contribution in [0.25, 0.3) is 5.57 Å². The van der Waals surface area contributed by atoms with Crippen LogP contribution < -0.4 is 15.4 Å². The lowest BCUT2D eigenvalue weighted by atomic mass is 9.96. The maximum atomic E-state index is 13.1. The lowest BCUT2D eigenvalue weighted by Gasteiger charge is -2.19. The minimum absolute atomic E-state index is 0.0638. The molecule has 1 aliphatic rings. The highest BCUT2D eigenvalue weighted by atomic mass is 19.4. The molecule has 0 aliphatic carbocycles. The summed E-state index contributed by atoms with van der Waals surface area (Å²) in [5, 5.41) is 5.63. The standard InChI is InChI=1S/C29H25F3N2O3/c1-2-37-22-15-11-20(12-16-22)23(19-9-13-21(14-10-19)29(30,31)32)5-3-8-27(35)33-25-6-4-7-26-24(25)17-18-28(36)34-26/h3-16H,2,17-18H2,1H3,(H,33,35)(H,34,36)/b8-3+,23-5-. The predicted molar refractivity (Wildman–Crippen MR) is 137 cm³/mol. The molecule has 8 heteroatoms. The fraction of sp³-hybridized carbons (Fsp3) is 0.172. The van der Waals surface area contributed by atoms with Crippen LogP contribution in [0.5, 0.6) is 5.75 Å². The molecule has 2 amide bonds. The highest BCUT2D eigenvalue weighted by molar-refractivity contribution is 6.02. The summed E-state index contributed by atoms with van der Waals surface area (Å²) in [5.74, 6) is 0.237. The zero-order valence-electron chi connectivity index (χ0n) is 20.1. The highest BCUT2D eigenvalue weighted by Crippen LogP contribution is 2.32. The number of halogens is 3. The molecule has 1 aliphatic heterocycles. The second-order valence-corrected chi connectivity index (χ2v) is 8.34. The predicted octanol–water partition coefficient (Wildman–Crippen LogP) is 6.62. The van der Waals surface area contributed by atoms with Crippen LogP contribution in [-0.2, 0) is 22.2 Å². The van der Waals surface area contributed by atoms with E-state index in [1.54, 1.807) is 42.5 Å². The maximum Gasteiger partial charge on any atom is 0.416 e. The number of nitrogens with one attached hydrogen (secondary N) is 2. The van der Waals surface area contributed by atoms with Gasteiger partial charge in [0.05, 0.1) is 12.2 Å². The minimum Gasteiger partial charge on any atom is -0.494 e. The Hall–Kier alpha value is -4.33. The van der Waals surface area contributed by atoms with E-state index in [9.17, 15) is 22.8 Å². The van der Waals surface area contributed by atoms with Crippen molar-refractivity contribution in [3.8, 4) is 5.75 Å². The minimum atomic E-state index is -4.43. The van der Waals surface area contributed by atoms with E-state index in [4.69, 9.17) is 4.74 Å². The van der Waals surface area contributed by atoms with Gasteiger partial charge in [-0.15, -0.1) is 0 Å². The first-order chi connectivity index (χ1) is 17.7. The molecule has 190 valence electrons. The van der Waals surface area contributed by atoms with Crippen molar-refractivity contribution in [1.29, 1.82) is 0 Å². The third-order valence-electron chi connectivity index (χ3n) is 5.82. The van der Waals surface area contributed by atoms with Crippen LogP contribution >= 0.6 is 0 Å².